The van der Waals surface area contributed by atoms with Gasteiger partial charge in [-0.1, -0.05) is 55.8 Å². The van der Waals surface area contributed by atoms with E-state index in [4.69, 9.17) is 0 Å². The zero-order chi connectivity index (χ0) is 21.0. The third kappa shape index (κ3) is 5.33. The van der Waals surface area contributed by atoms with Crippen molar-refractivity contribution in [2.24, 2.45) is 5.92 Å². The van der Waals surface area contributed by atoms with Crippen molar-refractivity contribution in [3.05, 3.63) is 94.8 Å². The molecule has 0 saturated carbocycles. The van der Waals surface area contributed by atoms with E-state index >= 15 is 0 Å². The van der Waals surface area contributed by atoms with Gasteiger partial charge in [-0.3, -0.25) is 4.90 Å². The topological polar surface area (TPSA) is 8.17 Å². The molecule has 1 aromatic heterocycles. The van der Waals surface area contributed by atoms with Gasteiger partial charge in [-0.15, -0.1) is 0 Å². The number of nitrogens with zero attached hydrogens (tertiary/aromatic N) is 2. The molecule has 0 amide bonds. The molecule has 154 valence electrons. The van der Waals surface area contributed by atoms with Crippen LogP contribution >= 0.6 is 0 Å². The summed E-state index contributed by atoms with van der Waals surface area (Å²) in [5.41, 5.74) is 4.06. The first-order valence-corrected chi connectivity index (χ1v) is 10.2. The average molecular weight is 397 g/mol. The highest BCUT2D eigenvalue weighted by Gasteiger charge is 2.21. The summed E-state index contributed by atoms with van der Waals surface area (Å²) in [6.07, 6.45) is 2.08. The van der Waals surface area contributed by atoms with Gasteiger partial charge in [-0.25, -0.2) is 8.78 Å². The van der Waals surface area contributed by atoms with Crippen LogP contribution in [0.1, 0.15) is 43.2 Å². The van der Waals surface area contributed by atoms with Crippen molar-refractivity contribution < 1.29 is 8.78 Å². The Morgan fingerprint density at radius 3 is 2.41 bits per heavy atom. The minimum absolute atomic E-state index is 0.222. The van der Waals surface area contributed by atoms with E-state index in [1.165, 1.54) is 17.2 Å². The number of aryl methyl sites for hydroxylation is 1. The van der Waals surface area contributed by atoms with Crippen LogP contribution in [-0.4, -0.2) is 15.5 Å². The standard InChI is InChI=1S/C25H30F2N2/c1-18(2)20(4)29(16-22-10-6-12-24(26)25(22)27)17-23-11-7-13-28(23)15-21-9-5-8-19(3)14-21/h5-14,18,20H,15-17H2,1-4H3. The molecule has 3 aromatic rings. The van der Waals surface area contributed by atoms with Gasteiger partial charge in [-0.05, 0) is 43.5 Å². The summed E-state index contributed by atoms with van der Waals surface area (Å²) in [5, 5.41) is 0. The number of benzene rings is 2. The molecule has 1 unspecified atom stereocenters. The van der Waals surface area contributed by atoms with E-state index in [0.717, 1.165) is 12.2 Å². The summed E-state index contributed by atoms with van der Waals surface area (Å²) in [4.78, 5) is 2.23. The molecule has 2 aromatic carbocycles. The first kappa shape index (κ1) is 21.3. The number of halogens is 2. The third-order valence-electron chi connectivity index (χ3n) is 5.67. The van der Waals surface area contributed by atoms with Gasteiger partial charge in [0.2, 0.25) is 0 Å². The zero-order valence-electron chi connectivity index (χ0n) is 17.7. The first-order chi connectivity index (χ1) is 13.8. The van der Waals surface area contributed by atoms with E-state index in [1.807, 2.05) is 6.07 Å². The van der Waals surface area contributed by atoms with E-state index in [1.54, 1.807) is 12.1 Å². The van der Waals surface area contributed by atoms with Gasteiger partial charge in [0.25, 0.3) is 0 Å². The van der Waals surface area contributed by atoms with Crippen molar-refractivity contribution in [2.75, 3.05) is 0 Å². The third-order valence-corrected chi connectivity index (χ3v) is 5.67. The fourth-order valence-corrected chi connectivity index (χ4v) is 3.62. The van der Waals surface area contributed by atoms with Crippen LogP contribution in [0.2, 0.25) is 0 Å². The Balaban J connectivity index is 1.83. The van der Waals surface area contributed by atoms with Gasteiger partial charge in [0, 0.05) is 43.1 Å². The minimum atomic E-state index is -0.789. The summed E-state index contributed by atoms with van der Waals surface area (Å²) in [6, 6.07) is 17.3. The monoisotopic (exact) mass is 396 g/mol. The molecule has 0 fully saturated rings. The smallest absolute Gasteiger partial charge is 0.163 e. The van der Waals surface area contributed by atoms with Crippen LogP contribution in [0.3, 0.4) is 0 Å². The Labute approximate surface area is 172 Å². The lowest BCUT2D eigenvalue weighted by molar-refractivity contribution is 0.146. The van der Waals surface area contributed by atoms with Crippen molar-refractivity contribution in [3.8, 4) is 0 Å². The molecule has 4 heteroatoms. The molecule has 29 heavy (non-hydrogen) atoms. The maximum atomic E-state index is 14.3. The second kappa shape index (κ2) is 9.36. The molecule has 1 atom stereocenters. The Hall–Kier alpha value is -2.46. The van der Waals surface area contributed by atoms with Gasteiger partial charge in [0.15, 0.2) is 11.6 Å². The Morgan fingerprint density at radius 2 is 1.69 bits per heavy atom. The summed E-state index contributed by atoms with van der Waals surface area (Å²) >= 11 is 0. The van der Waals surface area contributed by atoms with Crippen LogP contribution in [0.4, 0.5) is 8.78 Å². The molecule has 3 rings (SSSR count). The van der Waals surface area contributed by atoms with Gasteiger partial charge in [0.1, 0.15) is 0 Å². The normalized spacial score (nSPS) is 12.7. The second-order valence-corrected chi connectivity index (χ2v) is 8.22. The van der Waals surface area contributed by atoms with Crippen molar-refractivity contribution in [3.63, 3.8) is 0 Å². The van der Waals surface area contributed by atoms with Crippen LogP contribution in [0.5, 0.6) is 0 Å². The number of aromatic nitrogens is 1. The van der Waals surface area contributed by atoms with E-state index in [-0.39, 0.29) is 6.04 Å². The fraction of sp³-hybridized carbons (Fsp3) is 0.360. The maximum absolute atomic E-state index is 14.3. The molecule has 2 nitrogen and oxygen atoms in total. The van der Waals surface area contributed by atoms with Gasteiger partial charge >= 0.3 is 0 Å². The molecule has 0 spiro atoms. The molecule has 0 bridgehead atoms. The van der Waals surface area contributed by atoms with E-state index in [0.29, 0.717) is 24.6 Å². The van der Waals surface area contributed by atoms with Crippen molar-refractivity contribution in [1.29, 1.82) is 0 Å². The largest absolute Gasteiger partial charge is 0.346 e. The molecular weight excluding hydrogens is 366 g/mol. The van der Waals surface area contributed by atoms with E-state index < -0.39 is 11.6 Å². The van der Waals surface area contributed by atoms with Crippen LogP contribution in [0.25, 0.3) is 0 Å². The predicted molar refractivity (Wildman–Crippen MR) is 115 cm³/mol. The van der Waals surface area contributed by atoms with Gasteiger partial charge < -0.3 is 4.57 Å². The maximum Gasteiger partial charge on any atom is 0.163 e. The molecule has 0 radical (unpaired) electrons. The number of hydrogen-bond acceptors (Lipinski definition) is 1. The Kier molecular flexibility index (Phi) is 6.86. The fourth-order valence-electron chi connectivity index (χ4n) is 3.62. The van der Waals surface area contributed by atoms with Gasteiger partial charge in [-0.2, -0.15) is 0 Å². The summed E-state index contributed by atoms with van der Waals surface area (Å²) < 4.78 is 30.2. The average Bonchev–Trinajstić information content (AvgIpc) is 3.10. The molecule has 1 heterocycles. The highest BCUT2D eigenvalue weighted by atomic mass is 19.2. The number of rotatable bonds is 8. The molecular formula is C25H30F2N2. The molecule has 0 aliphatic carbocycles. The first-order valence-electron chi connectivity index (χ1n) is 10.2. The van der Waals surface area contributed by atoms with E-state index in [2.05, 4.69) is 73.7 Å². The second-order valence-electron chi connectivity index (χ2n) is 8.22. The molecule has 0 N–H and O–H groups in total. The summed E-state index contributed by atoms with van der Waals surface area (Å²) in [5.74, 6) is -1.14. The van der Waals surface area contributed by atoms with Crippen LogP contribution in [-0.2, 0) is 19.6 Å². The Bertz CT molecular complexity index is 946. The van der Waals surface area contributed by atoms with E-state index in [9.17, 15) is 8.78 Å². The zero-order valence-corrected chi connectivity index (χ0v) is 17.7. The quantitative estimate of drug-likeness (QED) is 0.442. The predicted octanol–water partition coefficient (Wildman–Crippen LogP) is 6.17. The lowest BCUT2D eigenvalue weighted by Gasteiger charge is -2.32. The van der Waals surface area contributed by atoms with Gasteiger partial charge in [0.05, 0.1) is 0 Å². The molecule has 0 aliphatic heterocycles. The SMILES string of the molecule is Cc1cccc(Cn2cccc2CN(Cc2cccc(F)c2F)C(C)C(C)C)c1. The lowest BCUT2D eigenvalue weighted by Crippen LogP contribution is -2.36. The van der Waals surface area contributed by atoms with Crippen LogP contribution in [0, 0.1) is 24.5 Å². The lowest BCUT2D eigenvalue weighted by atomic mass is 10.0. The molecule has 0 saturated heterocycles. The van der Waals surface area contributed by atoms with Crippen molar-refractivity contribution in [2.45, 2.75) is 53.4 Å². The van der Waals surface area contributed by atoms with Crippen LogP contribution < -0.4 is 0 Å². The summed E-state index contributed by atoms with van der Waals surface area (Å²) in [7, 11) is 0. The highest BCUT2D eigenvalue weighted by Crippen LogP contribution is 2.21. The van der Waals surface area contributed by atoms with Crippen molar-refractivity contribution >= 4 is 0 Å². The number of hydrogen-bond donors (Lipinski definition) is 0. The summed E-state index contributed by atoms with van der Waals surface area (Å²) in [6.45, 7) is 10.4. The molecule has 0 aliphatic rings. The van der Waals surface area contributed by atoms with Crippen molar-refractivity contribution in [1.82, 2.24) is 9.47 Å². The minimum Gasteiger partial charge on any atom is -0.346 e. The Morgan fingerprint density at radius 1 is 0.931 bits per heavy atom. The van der Waals surface area contributed by atoms with Crippen LogP contribution in [0.15, 0.2) is 60.8 Å². The highest BCUT2D eigenvalue weighted by molar-refractivity contribution is 5.24.